The average Bonchev–Trinajstić information content (AvgIpc) is 2.54. The van der Waals surface area contributed by atoms with Gasteiger partial charge in [-0.05, 0) is 0 Å². The predicted molar refractivity (Wildman–Crippen MR) is 39.1 cm³/mol. The first-order chi connectivity index (χ1) is 6.63. The molecule has 3 N–H and O–H groups in total. The number of aliphatic hydroxyl groups excluding tert-OH is 3. The van der Waals surface area contributed by atoms with Crippen molar-refractivity contribution in [2.75, 3.05) is 6.61 Å². The van der Waals surface area contributed by atoms with Crippen LogP contribution in [0.3, 0.4) is 0 Å². The van der Waals surface area contributed by atoms with Crippen LogP contribution in [-0.2, 0) is 14.2 Å². The molecule has 0 aromatic heterocycles. The van der Waals surface area contributed by atoms with Gasteiger partial charge < -0.3 is 29.5 Å². The molecule has 80 valence electrons. The van der Waals surface area contributed by atoms with Crippen molar-refractivity contribution in [2.45, 2.75) is 30.7 Å². The van der Waals surface area contributed by atoms with Crippen molar-refractivity contribution < 1.29 is 34.3 Å². The second kappa shape index (κ2) is 3.35. The van der Waals surface area contributed by atoms with Gasteiger partial charge in [0.25, 0.3) is 0 Å². The summed E-state index contributed by atoms with van der Waals surface area (Å²) in [6.45, 7) is -0.473. The topological polar surface area (TPSA) is 105 Å². The summed E-state index contributed by atoms with van der Waals surface area (Å²) in [7, 11) is 0. The molecule has 2 heterocycles. The number of hydrogen-bond acceptors (Lipinski definition) is 7. The molecule has 0 bridgehead atoms. The molecule has 0 saturated carbocycles. The molecule has 0 aromatic carbocycles. The fraction of sp³-hybridized carbons (Fsp3) is 0.857. The van der Waals surface area contributed by atoms with Crippen molar-refractivity contribution >= 4 is 6.16 Å². The van der Waals surface area contributed by atoms with Crippen LogP contribution in [0.15, 0.2) is 0 Å². The van der Waals surface area contributed by atoms with Gasteiger partial charge in [0.1, 0.15) is 12.2 Å². The van der Waals surface area contributed by atoms with Gasteiger partial charge in [-0.2, -0.15) is 0 Å². The van der Waals surface area contributed by atoms with Crippen molar-refractivity contribution in [2.24, 2.45) is 0 Å². The van der Waals surface area contributed by atoms with Gasteiger partial charge in [0, 0.05) is 0 Å². The highest BCUT2D eigenvalue weighted by Gasteiger charge is 2.53. The second-order valence-electron chi connectivity index (χ2n) is 3.15. The van der Waals surface area contributed by atoms with Gasteiger partial charge >= 0.3 is 6.16 Å². The summed E-state index contributed by atoms with van der Waals surface area (Å²) in [6, 6.07) is 0. The molecule has 0 amide bonds. The lowest BCUT2D eigenvalue weighted by atomic mass is 10.00. The zero-order chi connectivity index (χ0) is 10.3. The van der Waals surface area contributed by atoms with Crippen LogP contribution in [0.5, 0.6) is 0 Å². The molecular weight excluding hydrogens is 196 g/mol. The Morgan fingerprint density at radius 2 is 1.86 bits per heavy atom. The minimum atomic E-state index is -1.38. The van der Waals surface area contributed by atoms with Gasteiger partial charge in [-0.25, -0.2) is 4.79 Å². The summed E-state index contributed by atoms with van der Waals surface area (Å²) < 4.78 is 14.0. The van der Waals surface area contributed by atoms with Crippen LogP contribution in [0.1, 0.15) is 0 Å². The predicted octanol–water partition coefficient (Wildman–Crippen LogP) is -2.04. The molecule has 2 aliphatic heterocycles. The third kappa shape index (κ3) is 1.34. The molecule has 2 saturated heterocycles. The van der Waals surface area contributed by atoms with E-state index in [4.69, 9.17) is 9.84 Å². The number of ether oxygens (including phenoxy) is 3. The van der Waals surface area contributed by atoms with Crippen LogP contribution in [0.25, 0.3) is 0 Å². The Morgan fingerprint density at radius 1 is 1.21 bits per heavy atom. The van der Waals surface area contributed by atoms with E-state index in [1.54, 1.807) is 0 Å². The van der Waals surface area contributed by atoms with E-state index in [1.807, 2.05) is 0 Å². The molecule has 2 aliphatic rings. The molecule has 7 nitrogen and oxygen atoms in total. The van der Waals surface area contributed by atoms with Crippen molar-refractivity contribution in [3.8, 4) is 0 Å². The van der Waals surface area contributed by atoms with E-state index in [1.165, 1.54) is 0 Å². The molecule has 0 radical (unpaired) electrons. The molecule has 0 aromatic rings. The minimum absolute atomic E-state index is 0.473. The first kappa shape index (κ1) is 9.66. The van der Waals surface area contributed by atoms with Gasteiger partial charge in [-0.1, -0.05) is 0 Å². The zero-order valence-corrected chi connectivity index (χ0v) is 7.07. The van der Waals surface area contributed by atoms with Gasteiger partial charge in [-0.15, -0.1) is 0 Å². The quantitative estimate of drug-likeness (QED) is 0.424. The summed E-state index contributed by atoms with van der Waals surface area (Å²) in [6.07, 6.45) is -6.52. The van der Waals surface area contributed by atoms with E-state index in [0.717, 1.165) is 0 Å². The molecule has 7 heteroatoms. The lowest BCUT2D eigenvalue weighted by Crippen LogP contribution is -2.57. The molecule has 0 spiro atoms. The second-order valence-corrected chi connectivity index (χ2v) is 3.15. The number of aliphatic hydroxyl groups is 3. The van der Waals surface area contributed by atoms with Crippen LogP contribution in [-0.4, -0.2) is 58.8 Å². The fourth-order valence-electron chi connectivity index (χ4n) is 1.57. The van der Waals surface area contributed by atoms with E-state index in [2.05, 4.69) is 9.47 Å². The molecule has 2 fully saturated rings. The highest BCUT2D eigenvalue weighted by Crippen LogP contribution is 2.29. The monoisotopic (exact) mass is 206 g/mol. The van der Waals surface area contributed by atoms with Crippen molar-refractivity contribution in [1.29, 1.82) is 0 Å². The average molecular weight is 206 g/mol. The SMILES string of the molecule is O=C1OC2C(O)OC(CO)C(O)C2O1. The molecule has 5 unspecified atom stereocenters. The van der Waals surface area contributed by atoms with Crippen LogP contribution >= 0.6 is 0 Å². The third-order valence-electron chi connectivity index (χ3n) is 2.28. The Morgan fingerprint density at radius 3 is 2.50 bits per heavy atom. The van der Waals surface area contributed by atoms with Crippen LogP contribution in [0, 0.1) is 0 Å². The Balaban J connectivity index is 2.15. The summed E-state index contributed by atoms with van der Waals surface area (Å²) >= 11 is 0. The van der Waals surface area contributed by atoms with E-state index in [9.17, 15) is 15.0 Å². The maximum absolute atomic E-state index is 10.7. The lowest BCUT2D eigenvalue weighted by Gasteiger charge is -2.35. The first-order valence-electron chi connectivity index (χ1n) is 4.13. The van der Waals surface area contributed by atoms with Gasteiger partial charge in [-0.3, -0.25) is 0 Å². The largest absolute Gasteiger partial charge is 0.509 e. The summed E-state index contributed by atoms with van der Waals surface area (Å²) in [5, 5.41) is 27.6. The number of rotatable bonds is 1. The molecule has 14 heavy (non-hydrogen) atoms. The molecule has 0 aliphatic carbocycles. The van der Waals surface area contributed by atoms with Crippen LogP contribution in [0.2, 0.25) is 0 Å². The first-order valence-corrected chi connectivity index (χ1v) is 4.13. The molecular formula is C7H10O7. The van der Waals surface area contributed by atoms with Crippen molar-refractivity contribution in [3.63, 3.8) is 0 Å². The van der Waals surface area contributed by atoms with E-state index >= 15 is 0 Å². The summed E-state index contributed by atoms with van der Waals surface area (Å²) in [5.74, 6) is 0. The fourth-order valence-corrected chi connectivity index (χ4v) is 1.57. The minimum Gasteiger partial charge on any atom is -0.424 e. The van der Waals surface area contributed by atoms with Crippen molar-refractivity contribution in [3.05, 3.63) is 0 Å². The Labute approximate surface area is 78.8 Å². The maximum Gasteiger partial charge on any atom is 0.509 e. The van der Waals surface area contributed by atoms with Crippen molar-refractivity contribution in [1.82, 2.24) is 0 Å². The zero-order valence-electron chi connectivity index (χ0n) is 7.07. The lowest BCUT2D eigenvalue weighted by molar-refractivity contribution is -0.261. The molecule has 5 atom stereocenters. The maximum atomic E-state index is 10.7. The normalized spacial score (nSPS) is 46.8. The number of fused-ring (bicyclic) bond motifs is 1. The van der Waals surface area contributed by atoms with E-state index in [0.29, 0.717) is 0 Å². The Bertz CT molecular complexity index is 242. The van der Waals surface area contributed by atoms with Gasteiger partial charge in [0.05, 0.1) is 6.61 Å². The Kier molecular flexibility index (Phi) is 2.31. The van der Waals surface area contributed by atoms with Crippen LogP contribution < -0.4 is 0 Å². The number of hydrogen-bond donors (Lipinski definition) is 3. The summed E-state index contributed by atoms with van der Waals surface area (Å²) in [5.41, 5.74) is 0. The highest BCUT2D eigenvalue weighted by molar-refractivity contribution is 5.62. The van der Waals surface area contributed by atoms with E-state index in [-0.39, 0.29) is 0 Å². The third-order valence-corrected chi connectivity index (χ3v) is 2.28. The van der Waals surface area contributed by atoms with Crippen LogP contribution in [0.4, 0.5) is 4.79 Å². The van der Waals surface area contributed by atoms with Gasteiger partial charge in [0.15, 0.2) is 18.5 Å². The Hall–Kier alpha value is -0.890. The van der Waals surface area contributed by atoms with Gasteiger partial charge in [0.2, 0.25) is 0 Å². The van der Waals surface area contributed by atoms with E-state index < -0.39 is 43.5 Å². The number of carbonyl (C=O) groups excluding carboxylic acids is 1. The standard InChI is InChI=1S/C7H10O7/c8-1-2-3(9)4-5(6(10)12-2)14-7(11)13-4/h2-6,8-10H,1H2. The smallest absolute Gasteiger partial charge is 0.424 e. The molecule has 2 rings (SSSR count). The number of carbonyl (C=O) groups is 1. The highest BCUT2D eigenvalue weighted by atomic mass is 16.8. The summed E-state index contributed by atoms with van der Waals surface area (Å²) in [4.78, 5) is 10.7.